The molecule has 1 fully saturated rings. The minimum atomic E-state index is -0.857. The molecule has 2 aromatic carbocycles. The molecular formula is C25H25NO5. The Morgan fingerprint density at radius 2 is 1.45 bits per heavy atom. The summed E-state index contributed by atoms with van der Waals surface area (Å²) in [5.41, 5.74) is 2.45. The maximum atomic E-state index is 12.7. The van der Waals surface area contributed by atoms with Crippen molar-refractivity contribution in [1.29, 1.82) is 0 Å². The molecule has 1 aliphatic carbocycles. The Morgan fingerprint density at radius 1 is 0.903 bits per heavy atom. The predicted molar refractivity (Wildman–Crippen MR) is 114 cm³/mol. The van der Waals surface area contributed by atoms with Gasteiger partial charge in [-0.25, -0.2) is 0 Å². The standard InChI is InChI=1S/C25H25NO5/c1-15-7-9-17(10-8-15)22(27)16(2)31-25(30)18-11-13-19(14-12-18)26-23(28)20-5-3-4-6-21(20)24(26)29/h3-10,16,18-19H,11-14H2,1-2H3. The zero-order chi connectivity index (χ0) is 22.1. The summed E-state index contributed by atoms with van der Waals surface area (Å²) >= 11 is 0. The first-order valence-electron chi connectivity index (χ1n) is 10.6. The van der Waals surface area contributed by atoms with Crippen molar-refractivity contribution in [3.05, 3.63) is 70.8 Å². The van der Waals surface area contributed by atoms with Crippen molar-refractivity contribution < 1.29 is 23.9 Å². The molecule has 0 saturated heterocycles. The SMILES string of the molecule is Cc1ccc(C(=O)C(C)OC(=O)C2CCC(N3C(=O)c4ccccc4C3=O)CC2)cc1. The Balaban J connectivity index is 1.33. The molecule has 0 N–H and O–H groups in total. The second kappa shape index (κ2) is 8.46. The van der Waals surface area contributed by atoms with Gasteiger partial charge in [0.1, 0.15) is 0 Å². The van der Waals surface area contributed by atoms with E-state index in [1.54, 1.807) is 43.3 Å². The molecule has 0 radical (unpaired) electrons. The van der Waals surface area contributed by atoms with Crippen LogP contribution in [0.4, 0.5) is 0 Å². The summed E-state index contributed by atoms with van der Waals surface area (Å²) in [6.45, 7) is 3.53. The van der Waals surface area contributed by atoms with Crippen LogP contribution in [0.2, 0.25) is 0 Å². The zero-order valence-corrected chi connectivity index (χ0v) is 17.7. The van der Waals surface area contributed by atoms with Gasteiger partial charge < -0.3 is 4.74 Å². The van der Waals surface area contributed by atoms with Crippen LogP contribution >= 0.6 is 0 Å². The average Bonchev–Trinajstić information content (AvgIpc) is 3.04. The van der Waals surface area contributed by atoms with Crippen molar-refractivity contribution in [1.82, 2.24) is 4.90 Å². The van der Waals surface area contributed by atoms with Gasteiger partial charge in [-0.2, -0.15) is 0 Å². The molecule has 6 heteroatoms. The number of ketones is 1. The summed E-state index contributed by atoms with van der Waals surface area (Å²) in [4.78, 5) is 51.8. The van der Waals surface area contributed by atoms with Gasteiger partial charge in [-0.05, 0) is 51.7 Å². The van der Waals surface area contributed by atoms with Gasteiger partial charge in [-0.1, -0.05) is 42.0 Å². The number of hydrogen-bond acceptors (Lipinski definition) is 5. The van der Waals surface area contributed by atoms with Crippen LogP contribution in [0.25, 0.3) is 0 Å². The zero-order valence-electron chi connectivity index (χ0n) is 17.7. The van der Waals surface area contributed by atoms with Crippen LogP contribution in [-0.4, -0.2) is 40.6 Å². The molecule has 2 aliphatic rings. The molecule has 1 aliphatic heterocycles. The van der Waals surface area contributed by atoms with Gasteiger partial charge in [-0.3, -0.25) is 24.1 Å². The third kappa shape index (κ3) is 4.02. The summed E-state index contributed by atoms with van der Waals surface area (Å²) < 4.78 is 5.45. The number of esters is 1. The topological polar surface area (TPSA) is 80.8 Å². The average molecular weight is 419 g/mol. The first-order valence-corrected chi connectivity index (χ1v) is 10.6. The Hall–Kier alpha value is -3.28. The Morgan fingerprint density at radius 3 is 2.00 bits per heavy atom. The molecule has 1 saturated carbocycles. The van der Waals surface area contributed by atoms with Gasteiger partial charge in [0.2, 0.25) is 5.78 Å². The molecule has 0 bridgehead atoms. The first-order chi connectivity index (χ1) is 14.9. The van der Waals surface area contributed by atoms with E-state index >= 15 is 0 Å². The lowest BCUT2D eigenvalue weighted by Crippen LogP contribution is -2.43. The maximum absolute atomic E-state index is 12.7. The summed E-state index contributed by atoms with van der Waals surface area (Å²) in [6.07, 6.45) is 1.27. The van der Waals surface area contributed by atoms with E-state index < -0.39 is 12.1 Å². The van der Waals surface area contributed by atoms with Gasteiger partial charge in [0.05, 0.1) is 17.0 Å². The smallest absolute Gasteiger partial charge is 0.309 e. The quantitative estimate of drug-likeness (QED) is 0.416. The fraction of sp³-hybridized carbons (Fsp3) is 0.360. The van der Waals surface area contributed by atoms with Crippen LogP contribution in [0.1, 0.15) is 69.2 Å². The van der Waals surface area contributed by atoms with E-state index in [4.69, 9.17) is 4.74 Å². The van der Waals surface area contributed by atoms with E-state index in [1.165, 1.54) is 4.90 Å². The normalized spacial score (nSPS) is 21.5. The van der Waals surface area contributed by atoms with E-state index in [0.717, 1.165) is 5.56 Å². The molecule has 6 nitrogen and oxygen atoms in total. The van der Waals surface area contributed by atoms with Crippen LogP contribution in [0.15, 0.2) is 48.5 Å². The largest absolute Gasteiger partial charge is 0.454 e. The minimum absolute atomic E-state index is 0.219. The molecule has 2 amide bonds. The number of aryl methyl sites for hydroxylation is 1. The third-order valence-corrected chi connectivity index (χ3v) is 6.22. The summed E-state index contributed by atoms with van der Waals surface area (Å²) in [5.74, 6) is -1.48. The number of carbonyl (C=O) groups excluding carboxylic acids is 4. The van der Waals surface area contributed by atoms with Gasteiger partial charge in [-0.15, -0.1) is 0 Å². The molecule has 31 heavy (non-hydrogen) atoms. The summed E-state index contributed by atoms with van der Waals surface area (Å²) in [7, 11) is 0. The molecular weight excluding hydrogens is 394 g/mol. The van der Waals surface area contributed by atoms with Crippen molar-refractivity contribution in [3.8, 4) is 0 Å². The minimum Gasteiger partial charge on any atom is -0.454 e. The molecule has 1 heterocycles. The second-order valence-corrected chi connectivity index (χ2v) is 8.34. The van der Waals surface area contributed by atoms with Crippen molar-refractivity contribution in [2.45, 2.75) is 51.7 Å². The highest BCUT2D eigenvalue weighted by atomic mass is 16.5. The molecule has 4 rings (SSSR count). The van der Waals surface area contributed by atoms with E-state index in [1.807, 2.05) is 19.1 Å². The third-order valence-electron chi connectivity index (χ3n) is 6.22. The lowest BCUT2D eigenvalue weighted by atomic mass is 9.85. The van der Waals surface area contributed by atoms with E-state index in [2.05, 4.69) is 0 Å². The predicted octanol–water partition coefficient (Wildman–Crippen LogP) is 3.96. The number of fused-ring (bicyclic) bond motifs is 1. The highest BCUT2D eigenvalue weighted by molar-refractivity contribution is 6.21. The number of rotatable bonds is 5. The van der Waals surface area contributed by atoms with E-state index in [-0.39, 0.29) is 29.6 Å². The Labute approximate surface area is 181 Å². The number of nitrogens with zero attached hydrogens (tertiary/aromatic N) is 1. The van der Waals surface area contributed by atoms with Crippen molar-refractivity contribution in [3.63, 3.8) is 0 Å². The number of carbonyl (C=O) groups is 4. The molecule has 0 aromatic heterocycles. The summed E-state index contributed by atoms with van der Waals surface area (Å²) in [6, 6.07) is 13.8. The monoisotopic (exact) mass is 419 g/mol. The fourth-order valence-corrected chi connectivity index (χ4v) is 4.39. The molecule has 1 unspecified atom stereocenters. The van der Waals surface area contributed by atoms with Crippen molar-refractivity contribution in [2.75, 3.05) is 0 Å². The number of benzene rings is 2. The van der Waals surface area contributed by atoms with Crippen molar-refractivity contribution in [2.24, 2.45) is 5.92 Å². The number of Topliss-reactive ketones (excluding diaryl/α,β-unsaturated/α-hetero) is 1. The van der Waals surface area contributed by atoms with E-state index in [9.17, 15) is 19.2 Å². The van der Waals surface area contributed by atoms with Crippen LogP contribution < -0.4 is 0 Å². The molecule has 0 spiro atoms. The highest BCUT2D eigenvalue weighted by Crippen LogP contribution is 2.33. The van der Waals surface area contributed by atoms with Gasteiger partial charge in [0, 0.05) is 11.6 Å². The van der Waals surface area contributed by atoms with Crippen LogP contribution in [0.5, 0.6) is 0 Å². The Bertz CT molecular complexity index is 999. The lowest BCUT2D eigenvalue weighted by Gasteiger charge is -2.32. The number of hydrogen-bond donors (Lipinski definition) is 0. The fourth-order valence-electron chi connectivity index (χ4n) is 4.39. The van der Waals surface area contributed by atoms with Crippen molar-refractivity contribution >= 4 is 23.6 Å². The number of ether oxygens (including phenoxy) is 1. The molecule has 160 valence electrons. The Kier molecular flexibility index (Phi) is 5.72. The van der Waals surface area contributed by atoms with Crippen LogP contribution in [0.3, 0.4) is 0 Å². The highest BCUT2D eigenvalue weighted by Gasteiger charge is 2.42. The first kappa shape index (κ1) is 21.0. The van der Waals surface area contributed by atoms with E-state index in [0.29, 0.717) is 42.4 Å². The van der Waals surface area contributed by atoms with Gasteiger partial charge >= 0.3 is 5.97 Å². The maximum Gasteiger partial charge on any atom is 0.309 e. The number of amides is 2. The molecule has 1 atom stereocenters. The lowest BCUT2D eigenvalue weighted by molar-refractivity contribution is -0.152. The van der Waals surface area contributed by atoms with Gasteiger partial charge in [0.15, 0.2) is 6.10 Å². The molecule has 2 aromatic rings. The van der Waals surface area contributed by atoms with Crippen LogP contribution in [0, 0.1) is 12.8 Å². The van der Waals surface area contributed by atoms with Gasteiger partial charge in [0.25, 0.3) is 11.8 Å². The second-order valence-electron chi connectivity index (χ2n) is 8.34. The van der Waals surface area contributed by atoms with Crippen LogP contribution in [-0.2, 0) is 9.53 Å². The summed E-state index contributed by atoms with van der Waals surface area (Å²) in [5, 5.41) is 0. The number of imide groups is 1.